The molecular formula is C16H16N4O. The number of hydrogen-bond donors (Lipinski definition) is 2. The van der Waals surface area contributed by atoms with E-state index < -0.39 is 0 Å². The van der Waals surface area contributed by atoms with E-state index in [0.29, 0.717) is 0 Å². The van der Waals surface area contributed by atoms with Crippen molar-refractivity contribution in [1.82, 2.24) is 14.8 Å². The van der Waals surface area contributed by atoms with Crippen LogP contribution in [0.5, 0.6) is 0 Å². The standard InChI is InChI=1S/C16H16N4O/c1-11-7-13-8-14(4-5-15(13)18-11)19-16(21)6-3-12-9-17-20(2)10-12/h3-10,18H,1-2H3,(H,19,21)/b6-3+. The van der Waals surface area contributed by atoms with Gasteiger partial charge in [0.2, 0.25) is 5.91 Å². The maximum atomic E-state index is 11.9. The second kappa shape index (κ2) is 5.28. The summed E-state index contributed by atoms with van der Waals surface area (Å²) >= 11 is 0. The number of carbonyl (C=O) groups is 1. The highest BCUT2D eigenvalue weighted by molar-refractivity contribution is 6.02. The highest BCUT2D eigenvalue weighted by Gasteiger charge is 2.02. The predicted molar refractivity (Wildman–Crippen MR) is 83.9 cm³/mol. The Morgan fingerprint density at radius 2 is 2.24 bits per heavy atom. The molecule has 0 atom stereocenters. The number of carbonyl (C=O) groups excluding carboxylic acids is 1. The fourth-order valence-electron chi connectivity index (χ4n) is 2.24. The molecule has 1 amide bonds. The van der Waals surface area contributed by atoms with Gasteiger partial charge in [0.25, 0.3) is 0 Å². The van der Waals surface area contributed by atoms with E-state index in [2.05, 4.69) is 21.5 Å². The number of aryl methyl sites for hydroxylation is 2. The molecule has 0 radical (unpaired) electrons. The number of nitrogens with one attached hydrogen (secondary N) is 2. The molecule has 3 rings (SSSR count). The van der Waals surface area contributed by atoms with Gasteiger partial charge in [-0.3, -0.25) is 9.48 Å². The molecule has 3 aromatic rings. The third kappa shape index (κ3) is 3.02. The van der Waals surface area contributed by atoms with E-state index in [0.717, 1.165) is 27.8 Å². The van der Waals surface area contributed by atoms with Gasteiger partial charge < -0.3 is 10.3 Å². The van der Waals surface area contributed by atoms with Gasteiger partial charge in [-0.2, -0.15) is 5.10 Å². The molecule has 2 aromatic heterocycles. The molecule has 1 aromatic carbocycles. The number of fused-ring (bicyclic) bond motifs is 1. The minimum absolute atomic E-state index is 0.162. The summed E-state index contributed by atoms with van der Waals surface area (Å²) in [5.74, 6) is -0.162. The average Bonchev–Trinajstić information content (AvgIpc) is 3.01. The molecule has 106 valence electrons. The lowest BCUT2D eigenvalue weighted by molar-refractivity contribution is -0.111. The third-order valence-corrected chi connectivity index (χ3v) is 3.17. The second-order valence-electron chi connectivity index (χ2n) is 5.02. The molecular weight excluding hydrogens is 264 g/mol. The number of anilines is 1. The first-order chi connectivity index (χ1) is 10.1. The van der Waals surface area contributed by atoms with Crippen LogP contribution in [0.2, 0.25) is 0 Å². The lowest BCUT2D eigenvalue weighted by atomic mass is 10.2. The second-order valence-corrected chi connectivity index (χ2v) is 5.02. The maximum absolute atomic E-state index is 11.9. The van der Waals surface area contributed by atoms with E-state index in [1.165, 1.54) is 6.08 Å². The SMILES string of the molecule is Cc1cc2cc(NC(=O)/C=C/c3cnn(C)c3)ccc2[nH]1. The molecule has 2 N–H and O–H groups in total. The van der Waals surface area contributed by atoms with E-state index >= 15 is 0 Å². The topological polar surface area (TPSA) is 62.7 Å². The Bertz CT molecular complexity index is 826. The van der Waals surface area contributed by atoms with E-state index in [1.807, 2.05) is 38.4 Å². The molecule has 5 nitrogen and oxygen atoms in total. The minimum atomic E-state index is -0.162. The van der Waals surface area contributed by atoms with Gasteiger partial charge in [-0.1, -0.05) is 0 Å². The van der Waals surface area contributed by atoms with Crippen LogP contribution in [-0.2, 0) is 11.8 Å². The number of H-pyrrole nitrogens is 1. The number of hydrogen-bond acceptors (Lipinski definition) is 2. The van der Waals surface area contributed by atoms with Gasteiger partial charge >= 0.3 is 0 Å². The van der Waals surface area contributed by atoms with Crippen LogP contribution in [0.1, 0.15) is 11.3 Å². The van der Waals surface area contributed by atoms with Crippen LogP contribution in [-0.4, -0.2) is 20.7 Å². The summed E-state index contributed by atoms with van der Waals surface area (Å²) in [5.41, 5.74) is 3.84. The smallest absolute Gasteiger partial charge is 0.248 e. The van der Waals surface area contributed by atoms with Crippen LogP contribution in [0.3, 0.4) is 0 Å². The molecule has 0 bridgehead atoms. The lowest BCUT2D eigenvalue weighted by Crippen LogP contribution is -2.07. The number of aromatic nitrogens is 3. The largest absolute Gasteiger partial charge is 0.359 e. The van der Waals surface area contributed by atoms with E-state index in [4.69, 9.17) is 0 Å². The van der Waals surface area contributed by atoms with Crippen LogP contribution in [0.15, 0.2) is 42.7 Å². The zero-order valence-corrected chi connectivity index (χ0v) is 11.9. The quantitative estimate of drug-likeness (QED) is 0.725. The molecule has 0 spiro atoms. The molecule has 5 heteroatoms. The lowest BCUT2D eigenvalue weighted by Gasteiger charge is -2.01. The molecule has 0 saturated carbocycles. The van der Waals surface area contributed by atoms with E-state index in [1.54, 1.807) is 17.0 Å². The average molecular weight is 280 g/mol. The van der Waals surface area contributed by atoms with Crippen LogP contribution in [0, 0.1) is 6.92 Å². The predicted octanol–water partition coefficient (Wildman–Crippen LogP) is 2.86. The van der Waals surface area contributed by atoms with Gasteiger partial charge in [-0.15, -0.1) is 0 Å². The van der Waals surface area contributed by atoms with Crippen LogP contribution in [0.4, 0.5) is 5.69 Å². The van der Waals surface area contributed by atoms with Crippen molar-refractivity contribution in [1.29, 1.82) is 0 Å². The van der Waals surface area contributed by atoms with Crippen LogP contribution < -0.4 is 5.32 Å². The number of nitrogens with zero attached hydrogens (tertiary/aromatic N) is 2. The monoisotopic (exact) mass is 280 g/mol. The number of benzene rings is 1. The van der Waals surface area contributed by atoms with E-state index in [9.17, 15) is 4.79 Å². The van der Waals surface area contributed by atoms with Gasteiger partial charge in [0.05, 0.1) is 6.20 Å². The van der Waals surface area contributed by atoms with Crippen molar-refractivity contribution in [2.24, 2.45) is 7.05 Å². The summed E-state index contributed by atoms with van der Waals surface area (Å²) in [7, 11) is 1.84. The highest BCUT2D eigenvalue weighted by atomic mass is 16.1. The van der Waals surface area contributed by atoms with Crippen molar-refractivity contribution >= 4 is 28.6 Å². The maximum Gasteiger partial charge on any atom is 0.248 e. The molecule has 0 unspecified atom stereocenters. The summed E-state index contributed by atoms with van der Waals surface area (Å²) < 4.78 is 1.69. The molecule has 21 heavy (non-hydrogen) atoms. The van der Waals surface area contributed by atoms with Gasteiger partial charge in [-0.05, 0) is 37.3 Å². The molecule has 2 heterocycles. The van der Waals surface area contributed by atoms with Gasteiger partial charge in [0.1, 0.15) is 0 Å². The van der Waals surface area contributed by atoms with Crippen molar-refractivity contribution in [2.45, 2.75) is 6.92 Å². The summed E-state index contributed by atoms with van der Waals surface area (Å²) in [6, 6.07) is 7.85. The van der Waals surface area contributed by atoms with Crippen molar-refractivity contribution in [2.75, 3.05) is 5.32 Å². The Morgan fingerprint density at radius 1 is 1.38 bits per heavy atom. The third-order valence-electron chi connectivity index (χ3n) is 3.17. The zero-order chi connectivity index (χ0) is 14.8. The number of rotatable bonds is 3. The van der Waals surface area contributed by atoms with Crippen LogP contribution in [0.25, 0.3) is 17.0 Å². The zero-order valence-electron chi connectivity index (χ0n) is 11.9. The Balaban J connectivity index is 1.72. The first-order valence-corrected chi connectivity index (χ1v) is 6.67. The fraction of sp³-hybridized carbons (Fsp3) is 0.125. The summed E-state index contributed by atoms with van der Waals surface area (Å²) in [4.78, 5) is 15.2. The molecule has 0 aliphatic carbocycles. The first kappa shape index (κ1) is 13.2. The summed E-state index contributed by atoms with van der Waals surface area (Å²) in [6.45, 7) is 2.01. The Kier molecular flexibility index (Phi) is 3.31. The Labute approximate surface area is 122 Å². The molecule has 0 fully saturated rings. The van der Waals surface area contributed by atoms with Crippen molar-refractivity contribution in [3.8, 4) is 0 Å². The summed E-state index contributed by atoms with van der Waals surface area (Å²) in [5, 5.41) is 7.98. The van der Waals surface area contributed by atoms with Crippen molar-refractivity contribution < 1.29 is 4.79 Å². The number of aromatic amines is 1. The van der Waals surface area contributed by atoms with Crippen molar-refractivity contribution in [3.05, 3.63) is 54.0 Å². The van der Waals surface area contributed by atoms with E-state index in [-0.39, 0.29) is 5.91 Å². The summed E-state index contributed by atoms with van der Waals surface area (Å²) in [6.07, 6.45) is 6.79. The molecule has 0 saturated heterocycles. The van der Waals surface area contributed by atoms with Gasteiger partial charge in [0, 0.05) is 47.2 Å². The molecule has 0 aliphatic heterocycles. The van der Waals surface area contributed by atoms with Gasteiger partial charge in [0.15, 0.2) is 0 Å². The van der Waals surface area contributed by atoms with Crippen LogP contribution >= 0.6 is 0 Å². The Hall–Kier alpha value is -2.82. The molecule has 0 aliphatic rings. The first-order valence-electron chi connectivity index (χ1n) is 6.67. The fourth-order valence-corrected chi connectivity index (χ4v) is 2.24. The minimum Gasteiger partial charge on any atom is -0.359 e. The Morgan fingerprint density at radius 3 is 3.00 bits per heavy atom. The normalized spacial score (nSPS) is 11.3. The highest BCUT2D eigenvalue weighted by Crippen LogP contribution is 2.19. The van der Waals surface area contributed by atoms with Crippen molar-refractivity contribution in [3.63, 3.8) is 0 Å². The van der Waals surface area contributed by atoms with Gasteiger partial charge in [-0.25, -0.2) is 0 Å². The number of amides is 1.